The SMILES string of the molecule is CS(=O)(=O)c1cc(C(=O)NC2CCCCC2CN)cc([N+](=O)[O-])c1. The van der Waals surface area contributed by atoms with Crippen molar-refractivity contribution in [3.8, 4) is 0 Å². The number of hydrogen-bond acceptors (Lipinski definition) is 6. The first kappa shape index (κ1) is 18.3. The van der Waals surface area contributed by atoms with Gasteiger partial charge in [-0.15, -0.1) is 0 Å². The summed E-state index contributed by atoms with van der Waals surface area (Å²) in [5.74, 6) is -0.357. The maximum Gasteiger partial charge on any atom is 0.271 e. The summed E-state index contributed by atoms with van der Waals surface area (Å²) in [6.07, 6.45) is 4.69. The van der Waals surface area contributed by atoms with E-state index in [1.807, 2.05) is 0 Å². The van der Waals surface area contributed by atoms with E-state index in [0.717, 1.165) is 50.1 Å². The Labute approximate surface area is 140 Å². The molecule has 0 bridgehead atoms. The highest BCUT2D eigenvalue weighted by Crippen LogP contribution is 2.25. The Balaban J connectivity index is 2.31. The molecule has 8 nitrogen and oxygen atoms in total. The molecule has 0 aromatic heterocycles. The van der Waals surface area contributed by atoms with Crippen LogP contribution in [0.3, 0.4) is 0 Å². The average Bonchev–Trinajstić information content (AvgIpc) is 2.54. The maximum atomic E-state index is 12.5. The minimum Gasteiger partial charge on any atom is -0.349 e. The van der Waals surface area contributed by atoms with Gasteiger partial charge >= 0.3 is 0 Å². The molecule has 1 aliphatic carbocycles. The molecule has 0 spiro atoms. The Morgan fingerprint density at radius 3 is 2.58 bits per heavy atom. The number of benzene rings is 1. The number of hydrogen-bond donors (Lipinski definition) is 2. The molecule has 2 atom stereocenters. The van der Waals surface area contributed by atoms with Crippen molar-refractivity contribution >= 4 is 21.4 Å². The number of carbonyl (C=O) groups excluding carboxylic acids is 1. The van der Waals surface area contributed by atoms with E-state index < -0.39 is 26.4 Å². The van der Waals surface area contributed by atoms with E-state index in [0.29, 0.717) is 6.54 Å². The fourth-order valence-electron chi connectivity index (χ4n) is 2.97. The van der Waals surface area contributed by atoms with Gasteiger partial charge in [-0.25, -0.2) is 8.42 Å². The Hall–Kier alpha value is -2.00. The van der Waals surface area contributed by atoms with E-state index in [4.69, 9.17) is 5.73 Å². The second-order valence-electron chi connectivity index (χ2n) is 6.11. The first-order valence-electron chi connectivity index (χ1n) is 7.73. The number of nitrogens with two attached hydrogens (primary N) is 1. The number of carbonyl (C=O) groups is 1. The van der Waals surface area contributed by atoms with Gasteiger partial charge in [0.25, 0.3) is 11.6 Å². The zero-order valence-electron chi connectivity index (χ0n) is 13.4. The molecule has 1 amide bonds. The highest BCUT2D eigenvalue weighted by Gasteiger charge is 2.27. The van der Waals surface area contributed by atoms with E-state index in [9.17, 15) is 23.3 Å². The second kappa shape index (κ2) is 7.27. The third kappa shape index (κ3) is 4.30. The summed E-state index contributed by atoms with van der Waals surface area (Å²) in [4.78, 5) is 22.5. The van der Waals surface area contributed by atoms with Crippen molar-refractivity contribution < 1.29 is 18.1 Å². The van der Waals surface area contributed by atoms with Crippen LogP contribution in [0.2, 0.25) is 0 Å². The van der Waals surface area contributed by atoms with Gasteiger partial charge in [-0.2, -0.15) is 0 Å². The Morgan fingerprint density at radius 2 is 2.00 bits per heavy atom. The number of sulfone groups is 1. The second-order valence-corrected chi connectivity index (χ2v) is 8.12. The van der Waals surface area contributed by atoms with Crippen LogP contribution in [0, 0.1) is 16.0 Å². The topological polar surface area (TPSA) is 132 Å². The van der Waals surface area contributed by atoms with Gasteiger partial charge in [-0.1, -0.05) is 12.8 Å². The minimum atomic E-state index is -3.67. The normalized spacial score (nSPS) is 21.2. The molecule has 1 aliphatic rings. The Bertz CT molecular complexity index is 747. The van der Waals surface area contributed by atoms with Crippen molar-refractivity contribution in [3.05, 3.63) is 33.9 Å². The smallest absolute Gasteiger partial charge is 0.271 e. The van der Waals surface area contributed by atoms with Crippen LogP contribution >= 0.6 is 0 Å². The van der Waals surface area contributed by atoms with Crippen LogP contribution in [0.5, 0.6) is 0 Å². The monoisotopic (exact) mass is 355 g/mol. The molecule has 0 radical (unpaired) electrons. The van der Waals surface area contributed by atoms with Crippen LogP contribution in [-0.4, -0.2) is 38.1 Å². The van der Waals surface area contributed by atoms with E-state index in [2.05, 4.69) is 5.32 Å². The van der Waals surface area contributed by atoms with Crippen LogP contribution in [0.15, 0.2) is 23.1 Å². The zero-order chi connectivity index (χ0) is 17.9. The van der Waals surface area contributed by atoms with E-state index >= 15 is 0 Å². The molecule has 2 unspecified atom stereocenters. The Kier molecular flexibility index (Phi) is 5.55. The van der Waals surface area contributed by atoms with Gasteiger partial charge in [0.15, 0.2) is 9.84 Å². The predicted molar refractivity (Wildman–Crippen MR) is 88.5 cm³/mol. The number of nitrogens with zero attached hydrogens (tertiary/aromatic N) is 1. The predicted octanol–water partition coefficient (Wildman–Crippen LogP) is 1.25. The first-order valence-corrected chi connectivity index (χ1v) is 9.62. The van der Waals surface area contributed by atoms with E-state index in [-0.39, 0.29) is 22.4 Å². The van der Waals surface area contributed by atoms with Crippen LogP contribution < -0.4 is 11.1 Å². The third-order valence-corrected chi connectivity index (χ3v) is 5.41. The number of amides is 1. The first-order chi connectivity index (χ1) is 11.2. The van der Waals surface area contributed by atoms with Crippen LogP contribution in [0.1, 0.15) is 36.0 Å². The molecule has 2 rings (SSSR count). The lowest BCUT2D eigenvalue weighted by atomic mass is 9.84. The van der Waals surface area contributed by atoms with Gasteiger partial charge < -0.3 is 11.1 Å². The van der Waals surface area contributed by atoms with Gasteiger partial charge in [0.05, 0.1) is 9.82 Å². The highest BCUT2D eigenvalue weighted by atomic mass is 32.2. The summed E-state index contributed by atoms with van der Waals surface area (Å²) >= 11 is 0. The zero-order valence-corrected chi connectivity index (χ0v) is 14.2. The molecule has 3 N–H and O–H groups in total. The molecule has 24 heavy (non-hydrogen) atoms. The summed E-state index contributed by atoms with van der Waals surface area (Å²) < 4.78 is 23.4. The van der Waals surface area contributed by atoms with Crippen molar-refractivity contribution in [1.82, 2.24) is 5.32 Å². The van der Waals surface area contributed by atoms with Crippen molar-refractivity contribution in [1.29, 1.82) is 0 Å². The van der Waals surface area contributed by atoms with Crippen LogP contribution in [0.25, 0.3) is 0 Å². The third-order valence-electron chi connectivity index (χ3n) is 4.32. The molecular formula is C15H21N3O5S. The summed E-state index contributed by atoms with van der Waals surface area (Å²) in [6, 6.07) is 3.11. The van der Waals surface area contributed by atoms with Gasteiger partial charge in [0.1, 0.15) is 0 Å². The van der Waals surface area contributed by atoms with Gasteiger partial charge in [-0.3, -0.25) is 14.9 Å². The molecule has 1 aromatic rings. The van der Waals surface area contributed by atoms with Gasteiger partial charge in [0, 0.05) is 30.0 Å². The van der Waals surface area contributed by atoms with Gasteiger partial charge in [0.2, 0.25) is 0 Å². The number of rotatable bonds is 5. The molecular weight excluding hydrogens is 334 g/mol. The number of nitro groups is 1. The van der Waals surface area contributed by atoms with Gasteiger partial charge in [-0.05, 0) is 31.4 Å². The molecule has 9 heteroatoms. The molecule has 0 saturated heterocycles. The van der Waals surface area contributed by atoms with E-state index in [1.54, 1.807) is 0 Å². The number of non-ortho nitro benzene ring substituents is 1. The average molecular weight is 355 g/mol. The van der Waals surface area contributed by atoms with Crippen molar-refractivity contribution in [3.63, 3.8) is 0 Å². The quantitative estimate of drug-likeness (QED) is 0.603. The van der Waals surface area contributed by atoms with E-state index in [1.165, 1.54) is 0 Å². The molecule has 0 aliphatic heterocycles. The molecule has 1 aromatic carbocycles. The number of nitrogens with one attached hydrogen (secondary N) is 1. The summed E-state index contributed by atoms with van der Waals surface area (Å²) in [7, 11) is -3.67. The molecule has 0 heterocycles. The fourth-order valence-corrected chi connectivity index (χ4v) is 3.64. The largest absolute Gasteiger partial charge is 0.349 e. The summed E-state index contributed by atoms with van der Waals surface area (Å²) in [6.45, 7) is 0.453. The molecule has 1 fully saturated rings. The molecule has 1 saturated carbocycles. The lowest BCUT2D eigenvalue weighted by Gasteiger charge is -2.31. The van der Waals surface area contributed by atoms with Crippen molar-refractivity contribution in [2.24, 2.45) is 11.7 Å². The van der Waals surface area contributed by atoms with Crippen molar-refractivity contribution in [2.75, 3.05) is 12.8 Å². The number of nitro benzene ring substituents is 1. The lowest BCUT2D eigenvalue weighted by molar-refractivity contribution is -0.385. The van der Waals surface area contributed by atoms with Crippen molar-refractivity contribution in [2.45, 2.75) is 36.6 Å². The summed E-state index contributed by atoms with van der Waals surface area (Å²) in [5, 5.41) is 13.9. The standard InChI is InChI=1S/C15H21N3O5S/c1-24(22,23)13-7-11(6-12(8-13)18(20)21)15(19)17-14-5-3-2-4-10(14)9-16/h6-8,10,14H,2-5,9,16H2,1H3,(H,17,19). The Morgan fingerprint density at radius 1 is 1.33 bits per heavy atom. The highest BCUT2D eigenvalue weighted by molar-refractivity contribution is 7.90. The summed E-state index contributed by atoms with van der Waals surface area (Å²) in [5.41, 5.74) is 5.27. The lowest BCUT2D eigenvalue weighted by Crippen LogP contribution is -2.44. The van der Waals surface area contributed by atoms with Crippen LogP contribution in [0.4, 0.5) is 5.69 Å². The fraction of sp³-hybridized carbons (Fsp3) is 0.533. The molecule has 132 valence electrons. The maximum absolute atomic E-state index is 12.5. The minimum absolute atomic E-state index is 0.0361. The van der Waals surface area contributed by atoms with Crippen LogP contribution in [-0.2, 0) is 9.84 Å².